The smallest absolute Gasteiger partial charge is 0.142 e. The molecule has 1 unspecified atom stereocenters. The molecule has 0 radical (unpaired) electrons. The highest BCUT2D eigenvalue weighted by Crippen LogP contribution is 2.35. The molecule has 0 spiro atoms. The summed E-state index contributed by atoms with van der Waals surface area (Å²) in [6.07, 6.45) is 0. The van der Waals surface area contributed by atoms with Crippen molar-refractivity contribution in [2.45, 2.75) is 19.9 Å². The summed E-state index contributed by atoms with van der Waals surface area (Å²) in [5.41, 5.74) is 2.32. The van der Waals surface area contributed by atoms with Crippen LogP contribution in [0.5, 0.6) is 0 Å². The van der Waals surface area contributed by atoms with Gasteiger partial charge in [-0.15, -0.1) is 0 Å². The maximum absolute atomic E-state index is 13.6. The van der Waals surface area contributed by atoms with Crippen molar-refractivity contribution in [2.75, 3.05) is 5.32 Å². The molecule has 1 atom stereocenters. The molecule has 1 nitrogen and oxygen atoms in total. The van der Waals surface area contributed by atoms with Crippen molar-refractivity contribution in [2.24, 2.45) is 0 Å². The van der Waals surface area contributed by atoms with E-state index in [1.165, 1.54) is 12.1 Å². The molecule has 0 aromatic heterocycles. The lowest BCUT2D eigenvalue weighted by molar-refractivity contribution is 0.624. The van der Waals surface area contributed by atoms with Crippen LogP contribution < -0.4 is 5.32 Å². The zero-order valence-corrected chi connectivity index (χ0v) is 13.2. The van der Waals surface area contributed by atoms with Crippen molar-refractivity contribution in [1.29, 1.82) is 0 Å². The van der Waals surface area contributed by atoms with Gasteiger partial charge in [0.05, 0.1) is 11.1 Å². The number of halogens is 4. The molecule has 1 N–H and O–H groups in total. The number of nitrogens with one attached hydrogen (secondary N) is 1. The van der Waals surface area contributed by atoms with Crippen LogP contribution in [0.3, 0.4) is 0 Å². The lowest BCUT2D eigenvalue weighted by Gasteiger charge is -2.20. The minimum Gasteiger partial charge on any atom is -0.378 e. The topological polar surface area (TPSA) is 12.0 Å². The van der Waals surface area contributed by atoms with Crippen LogP contribution in [0.15, 0.2) is 30.3 Å². The summed E-state index contributed by atoms with van der Waals surface area (Å²) >= 11 is 18.2. The van der Waals surface area contributed by atoms with Crippen molar-refractivity contribution in [3.05, 3.63) is 62.3 Å². The number of hydrogen-bond acceptors (Lipinski definition) is 1. The molecule has 0 heterocycles. The van der Waals surface area contributed by atoms with E-state index in [-0.39, 0.29) is 11.1 Å². The molecule has 0 aliphatic heterocycles. The van der Waals surface area contributed by atoms with Crippen molar-refractivity contribution in [1.82, 2.24) is 0 Å². The van der Waals surface area contributed by atoms with Crippen LogP contribution in [-0.2, 0) is 0 Å². The van der Waals surface area contributed by atoms with Crippen molar-refractivity contribution in [3.63, 3.8) is 0 Å². The van der Waals surface area contributed by atoms with E-state index in [4.69, 9.17) is 34.8 Å². The first-order chi connectivity index (χ1) is 9.41. The van der Waals surface area contributed by atoms with Crippen LogP contribution in [-0.4, -0.2) is 0 Å². The average Bonchev–Trinajstić information content (AvgIpc) is 2.40. The van der Waals surface area contributed by atoms with Crippen molar-refractivity contribution >= 4 is 40.5 Å². The molecule has 0 amide bonds. The minimum absolute atomic E-state index is 0.0391. The second-order valence-corrected chi connectivity index (χ2v) is 5.73. The summed E-state index contributed by atoms with van der Waals surface area (Å²) in [7, 11) is 0. The average molecular weight is 333 g/mol. The number of rotatable bonds is 3. The minimum atomic E-state index is -0.484. The SMILES string of the molecule is Cc1c(Cl)cccc1NC(C)c1c(Cl)ccc(F)c1Cl. The van der Waals surface area contributed by atoms with Gasteiger partial charge in [0.25, 0.3) is 0 Å². The van der Waals surface area contributed by atoms with E-state index in [2.05, 4.69) is 5.32 Å². The summed E-state index contributed by atoms with van der Waals surface area (Å²) in [6, 6.07) is 8.07. The van der Waals surface area contributed by atoms with Gasteiger partial charge in [-0.25, -0.2) is 4.39 Å². The third-order valence-electron chi connectivity index (χ3n) is 3.15. The molecule has 0 aliphatic carbocycles. The predicted molar refractivity (Wildman–Crippen MR) is 84.6 cm³/mol. The molecular weight excluding hydrogens is 320 g/mol. The maximum atomic E-state index is 13.6. The van der Waals surface area contributed by atoms with E-state index in [1.807, 2.05) is 32.0 Å². The van der Waals surface area contributed by atoms with Crippen LogP contribution in [0.25, 0.3) is 0 Å². The Hall–Kier alpha value is -0.960. The fourth-order valence-electron chi connectivity index (χ4n) is 2.01. The number of hydrogen-bond donors (Lipinski definition) is 1. The zero-order valence-electron chi connectivity index (χ0n) is 11.0. The lowest BCUT2D eigenvalue weighted by atomic mass is 10.1. The lowest BCUT2D eigenvalue weighted by Crippen LogP contribution is -2.09. The molecule has 2 aromatic carbocycles. The summed E-state index contributed by atoms with van der Waals surface area (Å²) in [4.78, 5) is 0. The van der Waals surface area contributed by atoms with Crippen molar-refractivity contribution in [3.8, 4) is 0 Å². The molecule has 20 heavy (non-hydrogen) atoms. The molecule has 0 fully saturated rings. The Morgan fingerprint density at radius 3 is 2.45 bits per heavy atom. The molecule has 0 bridgehead atoms. The molecule has 5 heteroatoms. The molecule has 0 saturated carbocycles. The van der Waals surface area contributed by atoms with Crippen LogP contribution in [0, 0.1) is 12.7 Å². The Bertz CT molecular complexity index is 643. The highest BCUT2D eigenvalue weighted by atomic mass is 35.5. The Labute approximate surface area is 132 Å². The van der Waals surface area contributed by atoms with Crippen LogP contribution >= 0.6 is 34.8 Å². The van der Waals surface area contributed by atoms with Crippen molar-refractivity contribution < 1.29 is 4.39 Å². The molecule has 2 aromatic rings. The third kappa shape index (κ3) is 3.03. The fourth-order valence-corrected chi connectivity index (χ4v) is 2.88. The first-order valence-corrected chi connectivity index (χ1v) is 7.20. The largest absolute Gasteiger partial charge is 0.378 e. The molecule has 106 valence electrons. The predicted octanol–water partition coefficient (Wildman–Crippen LogP) is 6.27. The van der Waals surface area contributed by atoms with Gasteiger partial charge in [0.2, 0.25) is 0 Å². The van der Waals surface area contributed by atoms with Gasteiger partial charge in [-0.1, -0.05) is 40.9 Å². The summed E-state index contributed by atoms with van der Waals surface area (Å²) in [6.45, 7) is 3.78. The van der Waals surface area contributed by atoms with Crippen LogP contribution in [0.2, 0.25) is 15.1 Å². The van der Waals surface area contributed by atoms with Crippen LogP contribution in [0.4, 0.5) is 10.1 Å². The van der Waals surface area contributed by atoms with Gasteiger partial charge in [0.1, 0.15) is 5.82 Å². The molecule has 2 rings (SSSR count). The normalized spacial score (nSPS) is 12.3. The Morgan fingerprint density at radius 2 is 1.75 bits per heavy atom. The quantitative estimate of drug-likeness (QED) is 0.653. The summed E-state index contributed by atoms with van der Waals surface area (Å²) in [5, 5.41) is 4.39. The van der Waals surface area contributed by atoms with E-state index in [0.717, 1.165) is 11.3 Å². The van der Waals surface area contributed by atoms with Gasteiger partial charge >= 0.3 is 0 Å². The molecular formula is C15H13Cl3FN. The molecule has 0 aliphatic rings. The highest BCUT2D eigenvalue weighted by Gasteiger charge is 2.17. The van der Waals surface area contributed by atoms with Crippen LogP contribution in [0.1, 0.15) is 24.1 Å². The van der Waals surface area contributed by atoms with E-state index in [1.54, 1.807) is 0 Å². The third-order valence-corrected chi connectivity index (χ3v) is 4.28. The van der Waals surface area contributed by atoms with Gasteiger partial charge in [0.15, 0.2) is 0 Å². The highest BCUT2D eigenvalue weighted by molar-refractivity contribution is 6.36. The first-order valence-electron chi connectivity index (χ1n) is 6.07. The number of benzene rings is 2. The Kier molecular flexibility index (Phi) is 4.79. The first kappa shape index (κ1) is 15.4. The van der Waals surface area contributed by atoms with Gasteiger partial charge < -0.3 is 5.32 Å². The van der Waals surface area contributed by atoms with E-state index < -0.39 is 5.82 Å². The van der Waals surface area contributed by atoms with E-state index in [0.29, 0.717) is 15.6 Å². The second kappa shape index (κ2) is 6.21. The summed E-state index contributed by atoms with van der Waals surface area (Å²) in [5.74, 6) is -0.484. The Balaban J connectivity index is 2.36. The zero-order chi connectivity index (χ0) is 14.9. The van der Waals surface area contributed by atoms with Gasteiger partial charge in [0, 0.05) is 21.3 Å². The summed E-state index contributed by atoms with van der Waals surface area (Å²) < 4.78 is 13.6. The fraction of sp³-hybridized carbons (Fsp3) is 0.200. The van der Waals surface area contributed by atoms with E-state index in [9.17, 15) is 4.39 Å². The van der Waals surface area contributed by atoms with Gasteiger partial charge in [-0.2, -0.15) is 0 Å². The standard InChI is InChI=1S/C15H13Cl3FN/c1-8-10(16)4-3-5-13(8)20-9(2)14-11(17)6-7-12(19)15(14)18/h3-7,9,20H,1-2H3. The van der Waals surface area contributed by atoms with E-state index >= 15 is 0 Å². The monoisotopic (exact) mass is 331 g/mol. The Morgan fingerprint density at radius 1 is 1.05 bits per heavy atom. The molecule has 0 saturated heterocycles. The number of anilines is 1. The van der Waals surface area contributed by atoms with Gasteiger partial charge in [-0.3, -0.25) is 0 Å². The second-order valence-electron chi connectivity index (χ2n) is 4.54. The maximum Gasteiger partial charge on any atom is 0.142 e. The van der Waals surface area contributed by atoms with Gasteiger partial charge in [-0.05, 0) is 43.7 Å².